The molecule has 0 unspecified atom stereocenters. The van der Waals surface area contributed by atoms with Gasteiger partial charge in [0.25, 0.3) is 15.9 Å². The highest BCUT2D eigenvalue weighted by Gasteiger charge is 2.20. The van der Waals surface area contributed by atoms with Crippen molar-refractivity contribution >= 4 is 21.6 Å². The van der Waals surface area contributed by atoms with Crippen LogP contribution in [0.15, 0.2) is 41.3 Å². The summed E-state index contributed by atoms with van der Waals surface area (Å²) in [5, 5.41) is 2.87. The molecule has 2 aromatic carbocycles. The number of ether oxygens (including phenoxy) is 1. The van der Waals surface area contributed by atoms with Crippen molar-refractivity contribution in [2.24, 2.45) is 0 Å². The molecule has 1 aliphatic heterocycles. The van der Waals surface area contributed by atoms with E-state index >= 15 is 0 Å². The van der Waals surface area contributed by atoms with Gasteiger partial charge >= 0.3 is 0 Å². The van der Waals surface area contributed by atoms with Crippen LogP contribution in [-0.2, 0) is 14.8 Å². The average Bonchev–Trinajstić information content (AvgIpc) is 2.71. The predicted octanol–water partition coefficient (Wildman–Crippen LogP) is 2.47. The summed E-state index contributed by atoms with van der Waals surface area (Å²) in [6.45, 7) is 9.98. The maximum atomic E-state index is 13.0. The first-order valence-electron chi connectivity index (χ1n) is 10.1. The van der Waals surface area contributed by atoms with E-state index in [4.69, 9.17) is 4.74 Å². The summed E-state index contributed by atoms with van der Waals surface area (Å²) in [7, 11) is -3.82. The molecule has 0 atom stereocenters. The number of rotatable bonds is 7. The van der Waals surface area contributed by atoms with Crippen molar-refractivity contribution in [2.75, 3.05) is 44.1 Å². The van der Waals surface area contributed by atoms with Gasteiger partial charge in [-0.25, -0.2) is 8.42 Å². The molecule has 0 aliphatic carbocycles. The number of benzene rings is 2. The second-order valence-corrected chi connectivity index (χ2v) is 9.25. The molecule has 30 heavy (non-hydrogen) atoms. The summed E-state index contributed by atoms with van der Waals surface area (Å²) in [6, 6.07) is 10.1. The van der Waals surface area contributed by atoms with Gasteiger partial charge in [-0.1, -0.05) is 12.1 Å². The normalized spacial score (nSPS) is 15.0. The monoisotopic (exact) mass is 431 g/mol. The van der Waals surface area contributed by atoms with E-state index in [1.807, 2.05) is 19.9 Å². The van der Waals surface area contributed by atoms with Crippen molar-refractivity contribution in [1.82, 2.24) is 10.2 Å². The van der Waals surface area contributed by atoms with Crippen molar-refractivity contribution in [3.8, 4) is 0 Å². The second kappa shape index (κ2) is 9.59. The third-order valence-electron chi connectivity index (χ3n) is 5.32. The van der Waals surface area contributed by atoms with Gasteiger partial charge in [0.2, 0.25) is 0 Å². The van der Waals surface area contributed by atoms with Gasteiger partial charge in [0, 0.05) is 37.4 Å². The van der Waals surface area contributed by atoms with E-state index in [9.17, 15) is 13.2 Å². The number of nitrogens with zero attached hydrogens (tertiary/aromatic N) is 1. The quantitative estimate of drug-likeness (QED) is 0.703. The van der Waals surface area contributed by atoms with Crippen LogP contribution in [0.1, 0.15) is 27.0 Å². The first-order valence-corrected chi connectivity index (χ1v) is 11.5. The molecule has 3 rings (SSSR count). The molecule has 0 saturated carbocycles. The number of carbonyl (C=O) groups is 1. The Kier molecular flexibility index (Phi) is 7.12. The van der Waals surface area contributed by atoms with Gasteiger partial charge in [0.15, 0.2) is 0 Å². The van der Waals surface area contributed by atoms with E-state index in [-0.39, 0.29) is 10.8 Å². The highest BCUT2D eigenvalue weighted by molar-refractivity contribution is 7.92. The Balaban J connectivity index is 1.69. The van der Waals surface area contributed by atoms with E-state index in [2.05, 4.69) is 14.9 Å². The third-order valence-corrected chi connectivity index (χ3v) is 6.84. The lowest BCUT2D eigenvalue weighted by molar-refractivity contribution is 0.0383. The lowest BCUT2D eigenvalue weighted by Crippen LogP contribution is -2.41. The fraction of sp³-hybridized carbons (Fsp3) is 0.409. The Morgan fingerprint density at radius 1 is 1.00 bits per heavy atom. The first-order chi connectivity index (χ1) is 14.3. The van der Waals surface area contributed by atoms with Crippen LogP contribution in [0.4, 0.5) is 5.69 Å². The summed E-state index contributed by atoms with van der Waals surface area (Å²) >= 11 is 0. The number of aryl methyl sites for hydroxylation is 3. The molecule has 162 valence electrons. The number of carbonyl (C=O) groups excluding carboxylic acids is 1. The fourth-order valence-electron chi connectivity index (χ4n) is 3.30. The van der Waals surface area contributed by atoms with Crippen LogP contribution in [0.25, 0.3) is 0 Å². The molecule has 0 bridgehead atoms. The molecular formula is C22H29N3O4S. The zero-order chi connectivity index (χ0) is 21.7. The van der Waals surface area contributed by atoms with Crippen molar-refractivity contribution in [3.05, 3.63) is 58.7 Å². The first kappa shape index (κ1) is 22.3. The largest absolute Gasteiger partial charge is 0.379 e. The summed E-state index contributed by atoms with van der Waals surface area (Å²) in [5.74, 6) is -0.286. The number of amides is 1. The number of sulfonamides is 1. The molecule has 2 aromatic rings. The Morgan fingerprint density at radius 2 is 1.70 bits per heavy atom. The van der Waals surface area contributed by atoms with Crippen molar-refractivity contribution in [3.63, 3.8) is 0 Å². The second-order valence-electron chi connectivity index (χ2n) is 7.59. The molecule has 1 heterocycles. The van der Waals surface area contributed by atoms with Crippen LogP contribution in [0.5, 0.6) is 0 Å². The summed E-state index contributed by atoms with van der Waals surface area (Å²) in [4.78, 5) is 14.9. The molecule has 1 saturated heterocycles. The molecule has 0 aromatic heterocycles. The molecule has 1 aliphatic rings. The van der Waals surface area contributed by atoms with E-state index in [0.717, 1.165) is 30.8 Å². The van der Waals surface area contributed by atoms with Crippen LogP contribution in [0, 0.1) is 20.8 Å². The number of hydrogen-bond acceptors (Lipinski definition) is 5. The van der Waals surface area contributed by atoms with E-state index in [0.29, 0.717) is 36.6 Å². The summed E-state index contributed by atoms with van der Waals surface area (Å²) in [5.41, 5.74) is 3.49. The van der Waals surface area contributed by atoms with Gasteiger partial charge in [0.05, 0.1) is 18.1 Å². The summed E-state index contributed by atoms with van der Waals surface area (Å²) < 4.78 is 33.8. The highest BCUT2D eigenvalue weighted by atomic mass is 32.2. The standard InChI is InChI=1S/C22H29N3O4S/c1-16-5-7-20(14-18(16)3)24-30(27,28)21-15-19(6-4-17(21)2)22(26)23-8-9-25-10-12-29-13-11-25/h4-7,14-15,24H,8-13H2,1-3H3,(H,23,26). The third kappa shape index (κ3) is 5.59. The smallest absolute Gasteiger partial charge is 0.262 e. The average molecular weight is 432 g/mol. The number of hydrogen-bond donors (Lipinski definition) is 2. The number of anilines is 1. The van der Waals surface area contributed by atoms with Crippen molar-refractivity contribution in [1.29, 1.82) is 0 Å². The zero-order valence-electron chi connectivity index (χ0n) is 17.7. The lowest BCUT2D eigenvalue weighted by Gasteiger charge is -2.26. The van der Waals surface area contributed by atoms with E-state index < -0.39 is 10.0 Å². The van der Waals surface area contributed by atoms with Crippen molar-refractivity contribution in [2.45, 2.75) is 25.7 Å². The maximum absolute atomic E-state index is 13.0. The Morgan fingerprint density at radius 3 is 2.40 bits per heavy atom. The summed E-state index contributed by atoms with van der Waals surface area (Å²) in [6.07, 6.45) is 0. The van der Waals surface area contributed by atoms with Crippen LogP contribution in [-0.4, -0.2) is 58.6 Å². The number of morpholine rings is 1. The van der Waals surface area contributed by atoms with Gasteiger partial charge < -0.3 is 10.1 Å². The lowest BCUT2D eigenvalue weighted by atomic mass is 10.1. The topological polar surface area (TPSA) is 87.7 Å². The Labute approximate surface area is 178 Å². The van der Waals surface area contributed by atoms with Gasteiger partial charge in [0.1, 0.15) is 0 Å². The molecule has 0 spiro atoms. The van der Waals surface area contributed by atoms with Crippen LogP contribution >= 0.6 is 0 Å². The fourth-order valence-corrected chi connectivity index (χ4v) is 4.62. The highest BCUT2D eigenvalue weighted by Crippen LogP contribution is 2.22. The molecule has 7 nitrogen and oxygen atoms in total. The maximum Gasteiger partial charge on any atom is 0.262 e. The van der Waals surface area contributed by atoms with Crippen molar-refractivity contribution < 1.29 is 17.9 Å². The predicted molar refractivity (Wildman–Crippen MR) is 117 cm³/mol. The molecule has 1 fully saturated rings. The molecule has 8 heteroatoms. The molecule has 1 amide bonds. The van der Waals surface area contributed by atoms with E-state index in [1.54, 1.807) is 31.2 Å². The minimum absolute atomic E-state index is 0.0987. The molecular weight excluding hydrogens is 402 g/mol. The van der Waals surface area contributed by atoms with Gasteiger partial charge in [-0.15, -0.1) is 0 Å². The Bertz CT molecular complexity index is 1020. The minimum atomic E-state index is -3.82. The zero-order valence-corrected chi connectivity index (χ0v) is 18.5. The van der Waals surface area contributed by atoms with Crippen LogP contribution in [0.3, 0.4) is 0 Å². The minimum Gasteiger partial charge on any atom is -0.379 e. The van der Waals surface area contributed by atoms with Crippen LogP contribution < -0.4 is 10.0 Å². The van der Waals surface area contributed by atoms with Crippen LogP contribution in [0.2, 0.25) is 0 Å². The van der Waals surface area contributed by atoms with E-state index in [1.165, 1.54) is 6.07 Å². The van der Waals surface area contributed by atoms with Gasteiger partial charge in [-0.05, 0) is 61.7 Å². The molecule has 0 radical (unpaired) electrons. The molecule has 2 N–H and O–H groups in total. The SMILES string of the molecule is Cc1ccc(NS(=O)(=O)c2cc(C(=O)NCCN3CCOCC3)ccc2C)cc1C. The number of nitrogens with one attached hydrogen (secondary N) is 2. The Hall–Kier alpha value is -2.42. The van der Waals surface area contributed by atoms with Gasteiger partial charge in [-0.3, -0.25) is 14.4 Å². The van der Waals surface area contributed by atoms with Gasteiger partial charge in [-0.2, -0.15) is 0 Å².